The zero-order chi connectivity index (χ0) is 52.4. The number of alkyl halides is 3. The number of cyclic esters (lactones) is 1. The van der Waals surface area contributed by atoms with E-state index in [-0.39, 0.29) is 88.6 Å². The van der Waals surface area contributed by atoms with Gasteiger partial charge in [-0.2, -0.15) is 21.6 Å². The van der Waals surface area contributed by atoms with E-state index < -0.39 is 87.5 Å². The molecule has 2 N–H and O–H groups in total. The third-order valence-electron chi connectivity index (χ3n) is 14.0. The smallest absolute Gasteiger partial charge is 0.460 e. The van der Waals surface area contributed by atoms with Crippen molar-refractivity contribution in [1.29, 1.82) is 0 Å². The summed E-state index contributed by atoms with van der Waals surface area (Å²) in [5.74, 6) is -7.72. The molecule has 16 nitrogen and oxygen atoms in total. The Morgan fingerprint density at radius 3 is 2.31 bits per heavy atom. The van der Waals surface area contributed by atoms with Crippen molar-refractivity contribution in [2.24, 2.45) is 17.8 Å². The van der Waals surface area contributed by atoms with E-state index in [1.165, 1.54) is 6.08 Å². The molecule has 1 amide bonds. The molecular weight excluding hydrogens is 956 g/mol. The second-order valence-corrected chi connectivity index (χ2v) is 21.1. The summed E-state index contributed by atoms with van der Waals surface area (Å²) in [5, 5.41) is 22.9. The van der Waals surface area contributed by atoms with Crippen LogP contribution in [-0.4, -0.2) is 141 Å². The molecule has 402 valence electrons. The molecule has 1 unspecified atom stereocenters. The minimum Gasteiger partial charge on any atom is -0.460 e. The first kappa shape index (κ1) is 59.9. The first-order chi connectivity index (χ1) is 33.6. The van der Waals surface area contributed by atoms with E-state index in [1.807, 2.05) is 37.3 Å². The standard InChI is InChI=1S/C51H76F3NO15S/c1-34-17-21-40(57)32-46(36(3)30-38-19-23-41(24-20-38)70-71(63,64)51(52,53)54)68-49(61)43-16-12-13-25-55(43)48(60)47(59)50(62)37(4)18-22-42(69-50)33-45(67-29-28-66-27-26-65-5)35(2)14-10-8-6-7-9-11-15-39(56)31-44(34)58/h6-8,10,14,17,36-38,41-46,58,62H,9,11-13,15-16,18-33H2,1-5H3/b7-6+,10-8?,34-17+,35-14?/t36-,37-,38?,41?,42+,43+,44+,45?,46+,50-/m1/s1. The van der Waals surface area contributed by atoms with Gasteiger partial charge in [-0.15, -0.1) is 0 Å². The molecular formula is C51H76F3NO15S. The van der Waals surface area contributed by atoms with Crippen LogP contribution >= 0.6 is 0 Å². The van der Waals surface area contributed by atoms with E-state index in [0.717, 1.165) is 10.5 Å². The number of rotatable bonds is 12. The van der Waals surface area contributed by atoms with Crippen molar-refractivity contribution in [1.82, 2.24) is 4.90 Å². The van der Waals surface area contributed by atoms with Crippen molar-refractivity contribution in [3.8, 4) is 0 Å². The van der Waals surface area contributed by atoms with Crippen LogP contribution in [0.15, 0.2) is 47.6 Å². The minimum absolute atomic E-state index is 0.00326. The van der Waals surface area contributed by atoms with Gasteiger partial charge >= 0.3 is 21.6 Å². The number of esters is 1. The SMILES string of the molecule is COCCOCCOC1C[C@@H]2CC[C@@H](C)[C@@](O)(O2)C(=O)C(=O)N2CCCC[C@H]2C(=O)O[C@H]([C@H](C)CC2CCC(OS(=O)(=O)C(F)(F)F)CC2)CC(=O)C/C=C(\C)[C@@H](O)CC(=O)CCC/C=C/C=CC=C1C. The number of methoxy groups -OCH3 is 1. The third-order valence-corrected chi connectivity index (χ3v) is 15.1. The van der Waals surface area contributed by atoms with E-state index in [0.29, 0.717) is 76.6 Å². The van der Waals surface area contributed by atoms with Gasteiger partial charge in [0.1, 0.15) is 23.7 Å². The van der Waals surface area contributed by atoms with Crippen LogP contribution in [0.2, 0.25) is 0 Å². The average molecular weight is 1030 g/mol. The largest absolute Gasteiger partial charge is 0.523 e. The Morgan fingerprint density at radius 2 is 1.61 bits per heavy atom. The highest BCUT2D eigenvalue weighted by molar-refractivity contribution is 7.87. The van der Waals surface area contributed by atoms with Gasteiger partial charge in [-0.1, -0.05) is 50.3 Å². The maximum atomic E-state index is 14.3. The molecule has 0 aromatic carbocycles. The molecule has 4 aliphatic rings. The third kappa shape index (κ3) is 18.7. The molecule has 3 fully saturated rings. The number of aliphatic hydroxyl groups excluding tert-OH is 1. The highest BCUT2D eigenvalue weighted by Gasteiger charge is 2.53. The molecule has 0 radical (unpaired) electrons. The lowest BCUT2D eigenvalue weighted by Gasteiger charge is -2.43. The summed E-state index contributed by atoms with van der Waals surface area (Å²) in [6, 6.07) is -1.25. The van der Waals surface area contributed by atoms with E-state index >= 15 is 0 Å². The topological polar surface area (TPSA) is 219 Å². The number of aliphatic hydroxyl groups is 2. The fourth-order valence-corrected chi connectivity index (χ4v) is 10.1. The number of carbonyl (C=O) groups excluding carboxylic acids is 5. The molecule has 8 atom stereocenters. The molecule has 1 aliphatic carbocycles. The molecule has 20 heteroatoms. The van der Waals surface area contributed by atoms with Gasteiger partial charge in [0.05, 0.1) is 50.8 Å². The lowest BCUT2D eigenvalue weighted by atomic mass is 9.80. The number of ether oxygens (including phenoxy) is 5. The molecule has 0 aromatic heterocycles. The lowest BCUT2D eigenvalue weighted by molar-refractivity contribution is -0.266. The van der Waals surface area contributed by atoms with E-state index in [9.17, 15) is 55.8 Å². The molecule has 0 aromatic rings. The quantitative estimate of drug-likeness (QED) is 0.0498. The Balaban J connectivity index is 1.60. The Bertz CT molecular complexity index is 2010. The van der Waals surface area contributed by atoms with Crippen LogP contribution in [0.4, 0.5) is 13.2 Å². The van der Waals surface area contributed by atoms with E-state index in [1.54, 1.807) is 27.9 Å². The fraction of sp³-hybridized carbons (Fsp3) is 0.745. The van der Waals surface area contributed by atoms with Crippen molar-refractivity contribution < 1.29 is 83.6 Å². The monoisotopic (exact) mass is 1030 g/mol. The number of amides is 1. The molecule has 1 saturated carbocycles. The van der Waals surface area contributed by atoms with Crippen LogP contribution in [0.1, 0.15) is 137 Å². The first-order valence-corrected chi connectivity index (χ1v) is 26.5. The number of ketones is 3. The van der Waals surface area contributed by atoms with Gasteiger partial charge in [-0.25, -0.2) is 4.79 Å². The molecule has 71 heavy (non-hydrogen) atoms. The van der Waals surface area contributed by atoms with Gasteiger partial charge in [0.15, 0.2) is 0 Å². The van der Waals surface area contributed by atoms with Gasteiger partial charge in [-0.05, 0) is 114 Å². The number of fused-ring (bicyclic) bond motifs is 3. The maximum Gasteiger partial charge on any atom is 0.523 e. The molecule has 3 aliphatic heterocycles. The summed E-state index contributed by atoms with van der Waals surface area (Å²) in [5.41, 5.74) is -4.33. The van der Waals surface area contributed by atoms with Crippen molar-refractivity contribution in [3.63, 3.8) is 0 Å². The number of hydrogen-bond acceptors (Lipinski definition) is 15. The maximum absolute atomic E-state index is 14.3. The van der Waals surface area contributed by atoms with Gasteiger partial charge < -0.3 is 38.8 Å². The van der Waals surface area contributed by atoms with Crippen LogP contribution in [-0.2, 0) is 62.0 Å². The zero-order valence-corrected chi connectivity index (χ0v) is 42.7. The summed E-state index contributed by atoms with van der Waals surface area (Å²) in [4.78, 5) is 70.4. The van der Waals surface area contributed by atoms with Crippen LogP contribution in [0, 0.1) is 17.8 Å². The highest BCUT2D eigenvalue weighted by atomic mass is 32.2. The van der Waals surface area contributed by atoms with Gasteiger partial charge in [0.25, 0.3) is 11.7 Å². The number of nitrogens with zero attached hydrogens (tertiary/aromatic N) is 1. The number of piperidine rings is 1. The second-order valence-electron chi connectivity index (χ2n) is 19.6. The summed E-state index contributed by atoms with van der Waals surface area (Å²) >= 11 is 0. The summed E-state index contributed by atoms with van der Waals surface area (Å²) in [6.45, 7) is 8.14. The number of allylic oxidation sites excluding steroid dienone is 6. The van der Waals surface area contributed by atoms with Crippen LogP contribution in [0.5, 0.6) is 0 Å². The molecule has 0 spiro atoms. The van der Waals surface area contributed by atoms with Crippen LogP contribution < -0.4 is 0 Å². The summed E-state index contributed by atoms with van der Waals surface area (Å²) in [6.07, 6.45) is 10.1. The molecule has 4 rings (SSSR count). The number of carbonyl (C=O) groups is 5. The number of Topliss-reactive ketones (excluding diaryl/α,β-unsaturated/α-hetero) is 3. The Kier molecular flexibility index (Phi) is 24.2. The molecule has 2 saturated heterocycles. The molecule has 2 bridgehead atoms. The minimum atomic E-state index is -5.78. The number of hydrogen-bond donors (Lipinski definition) is 2. The average Bonchev–Trinajstić information content (AvgIpc) is 3.32. The first-order valence-electron chi connectivity index (χ1n) is 25.1. The number of halogens is 3. The van der Waals surface area contributed by atoms with E-state index in [4.69, 9.17) is 23.7 Å². The summed E-state index contributed by atoms with van der Waals surface area (Å²) < 4.78 is 96.0. The van der Waals surface area contributed by atoms with Gasteiger partial charge in [0.2, 0.25) is 5.79 Å². The van der Waals surface area contributed by atoms with Gasteiger partial charge in [0, 0.05) is 51.7 Å². The summed E-state index contributed by atoms with van der Waals surface area (Å²) in [7, 11) is -4.21. The Labute approximate surface area is 416 Å². The zero-order valence-electron chi connectivity index (χ0n) is 41.9. The second kappa shape index (κ2) is 28.7. The van der Waals surface area contributed by atoms with Crippen molar-refractivity contribution in [2.45, 2.75) is 185 Å². The fourth-order valence-electron chi connectivity index (χ4n) is 9.45. The highest BCUT2D eigenvalue weighted by Crippen LogP contribution is 2.38. The predicted octanol–water partition coefficient (Wildman–Crippen LogP) is 7.10. The van der Waals surface area contributed by atoms with Crippen LogP contribution in [0.25, 0.3) is 0 Å². The van der Waals surface area contributed by atoms with Crippen molar-refractivity contribution in [2.75, 3.05) is 40.1 Å². The normalized spacial score (nSPS) is 32.0. The lowest BCUT2D eigenvalue weighted by Crippen LogP contribution is -2.61. The van der Waals surface area contributed by atoms with Gasteiger partial charge in [-0.3, -0.25) is 23.4 Å². The predicted molar refractivity (Wildman–Crippen MR) is 255 cm³/mol. The Morgan fingerprint density at radius 1 is 0.887 bits per heavy atom. The van der Waals surface area contributed by atoms with Crippen LogP contribution in [0.3, 0.4) is 0 Å². The van der Waals surface area contributed by atoms with E-state index in [2.05, 4.69) is 4.18 Å². The molecule has 3 heterocycles. The Hall–Kier alpha value is -3.63. The van der Waals surface area contributed by atoms with Crippen molar-refractivity contribution in [3.05, 3.63) is 47.6 Å². The van der Waals surface area contributed by atoms with Crippen molar-refractivity contribution >= 4 is 39.3 Å².